The zero-order valence-electron chi connectivity index (χ0n) is 8.27. The summed E-state index contributed by atoms with van der Waals surface area (Å²) in [7, 11) is 0. The molecule has 0 aromatic heterocycles. The van der Waals surface area contributed by atoms with Crippen molar-refractivity contribution in [2.45, 2.75) is 11.8 Å². The third-order valence-corrected chi connectivity index (χ3v) is 2.89. The summed E-state index contributed by atoms with van der Waals surface area (Å²) in [6.45, 7) is 0.739. The summed E-state index contributed by atoms with van der Waals surface area (Å²) in [4.78, 5) is 11.3. The number of benzene rings is 1. The van der Waals surface area contributed by atoms with E-state index in [1.54, 1.807) is 24.3 Å². The minimum Gasteiger partial charge on any atom is -0.481 e. The van der Waals surface area contributed by atoms with E-state index in [1.807, 2.05) is 0 Å². The number of aliphatic carboxylic acids is 1. The Balaban J connectivity index is 2.41. The molecule has 0 amide bonds. The van der Waals surface area contributed by atoms with E-state index in [0.717, 1.165) is 5.56 Å². The third kappa shape index (κ3) is 1.57. The first-order valence-corrected chi connectivity index (χ1v) is 4.82. The fourth-order valence-electron chi connectivity index (χ4n) is 1.89. The normalized spacial score (nSPS) is 25.3. The summed E-state index contributed by atoms with van der Waals surface area (Å²) in [5, 5.41) is 9.28. The van der Waals surface area contributed by atoms with Gasteiger partial charge in [0.25, 0.3) is 0 Å². The van der Waals surface area contributed by atoms with Crippen LogP contribution in [0.1, 0.15) is 12.0 Å². The van der Waals surface area contributed by atoms with Crippen LogP contribution in [0, 0.1) is 0 Å². The Bertz CT molecular complexity index is 366. The van der Waals surface area contributed by atoms with Gasteiger partial charge in [-0.05, 0) is 24.1 Å². The highest BCUT2D eigenvalue weighted by atomic mass is 16.5. The molecule has 3 N–H and O–H groups in total. The van der Waals surface area contributed by atoms with Crippen LogP contribution < -0.4 is 5.73 Å². The van der Waals surface area contributed by atoms with E-state index in [2.05, 4.69) is 0 Å². The quantitative estimate of drug-likeness (QED) is 0.710. The van der Waals surface area contributed by atoms with Crippen LogP contribution in [-0.4, -0.2) is 24.3 Å². The third-order valence-electron chi connectivity index (χ3n) is 2.89. The first-order valence-electron chi connectivity index (χ1n) is 4.82. The van der Waals surface area contributed by atoms with Gasteiger partial charge in [-0.3, -0.25) is 4.79 Å². The largest absolute Gasteiger partial charge is 0.481 e. The Morgan fingerprint density at radius 3 is 2.53 bits per heavy atom. The molecular weight excluding hydrogens is 194 g/mol. The summed E-state index contributed by atoms with van der Waals surface area (Å²) in [5.41, 5.74) is 6.09. The molecule has 0 aliphatic carbocycles. The zero-order chi connectivity index (χ0) is 10.9. The Morgan fingerprint density at radius 1 is 1.40 bits per heavy atom. The number of carboxylic acid groups (broad SMARTS) is 1. The Morgan fingerprint density at radius 2 is 2.07 bits per heavy atom. The number of anilines is 1. The van der Waals surface area contributed by atoms with Crippen molar-refractivity contribution in [1.82, 2.24) is 0 Å². The second kappa shape index (κ2) is 3.55. The topological polar surface area (TPSA) is 72.6 Å². The lowest BCUT2D eigenvalue weighted by atomic mass is 9.80. The molecule has 80 valence electrons. The summed E-state index contributed by atoms with van der Waals surface area (Å²) in [6, 6.07) is 6.97. The van der Waals surface area contributed by atoms with Gasteiger partial charge in [0.2, 0.25) is 0 Å². The molecule has 1 saturated heterocycles. The summed E-state index contributed by atoms with van der Waals surface area (Å²) >= 11 is 0. The number of carboxylic acids is 1. The molecule has 1 aromatic carbocycles. The highest BCUT2D eigenvalue weighted by molar-refractivity contribution is 5.82. The van der Waals surface area contributed by atoms with Gasteiger partial charge < -0.3 is 15.6 Å². The minimum atomic E-state index is -0.881. The Kier molecular flexibility index (Phi) is 2.36. The Hall–Kier alpha value is -1.55. The molecule has 0 spiro atoms. The monoisotopic (exact) mass is 207 g/mol. The van der Waals surface area contributed by atoms with Crippen molar-refractivity contribution >= 4 is 11.7 Å². The van der Waals surface area contributed by atoms with Crippen LogP contribution >= 0.6 is 0 Å². The highest BCUT2D eigenvalue weighted by Gasteiger charge is 2.44. The minimum absolute atomic E-state index is 0.242. The predicted octanol–water partition coefficient (Wildman–Crippen LogP) is 1.01. The average Bonchev–Trinajstić information content (AvgIpc) is 2.69. The molecule has 1 fully saturated rings. The van der Waals surface area contributed by atoms with E-state index in [0.29, 0.717) is 18.7 Å². The van der Waals surface area contributed by atoms with Crippen molar-refractivity contribution in [1.29, 1.82) is 0 Å². The van der Waals surface area contributed by atoms with Crippen molar-refractivity contribution in [2.24, 2.45) is 0 Å². The van der Waals surface area contributed by atoms with Crippen LogP contribution in [0.15, 0.2) is 24.3 Å². The molecule has 1 aromatic rings. The molecule has 1 unspecified atom stereocenters. The van der Waals surface area contributed by atoms with E-state index in [-0.39, 0.29) is 6.61 Å². The molecule has 15 heavy (non-hydrogen) atoms. The molecule has 1 atom stereocenters. The predicted molar refractivity (Wildman–Crippen MR) is 55.6 cm³/mol. The maximum Gasteiger partial charge on any atom is 0.316 e. The maximum absolute atomic E-state index is 11.3. The van der Waals surface area contributed by atoms with Crippen molar-refractivity contribution in [3.63, 3.8) is 0 Å². The number of carbonyl (C=O) groups is 1. The van der Waals surface area contributed by atoms with Crippen LogP contribution in [0.5, 0.6) is 0 Å². The van der Waals surface area contributed by atoms with E-state index in [9.17, 15) is 9.90 Å². The number of hydrogen-bond donors (Lipinski definition) is 2. The van der Waals surface area contributed by atoms with Crippen LogP contribution in [0.3, 0.4) is 0 Å². The van der Waals surface area contributed by atoms with Crippen molar-refractivity contribution < 1.29 is 14.6 Å². The molecule has 2 rings (SSSR count). The lowest BCUT2D eigenvalue weighted by molar-refractivity contribution is -0.143. The first kappa shape index (κ1) is 9.98. The average molecular weight is 207 g/mol. The SMILES string of the molecule is Nc1ccc(C2(C(=O)O)CCOC2)cc1. The number of nitrogen functional groups attached to an aromatic ring is 1. The van der Waals surface area contributed by atoms with Crippen LogP contribution in [0.2, 0.25) is 0 Å². The lowest BCUT2D eigenvalue weighted by Crippen LogP contribution is -2.36. The highest BCUT2D eigenvalue weighted by Crippen LogP contribution is 2.33. The molecular formula is C11H13NO3. The van der Waals surface area contributed by atoms with Gasteiger partial charge in [0.1, 0.15) is 5.41 Å². The first-order chi connectivity index (χ1) is 7.15. The summed E-state index contributed by atoms with van der Waals surface area (Å²) in [6.07, 6.45) is 0.520. The summed E-state index contributed by atoms with van der Waals surface area (Å²) in [5.74, 6) is -0.829. The fraction of sp³-hybridized carbons (Fsp3) is 0.364. The van der Waals surface area contributed by atoms with Crippen molar-refractivity contribution in [3.05, 3.63) is 29.8 Å². The molecule has 0 radical (unpaired) electrons. The molecule has 0 bridgehead atoms. The van der Waals surface area contributed by atoms with Gasteiger partial charge in [0.05, 0.1) is 6.61 Å². The maximum atomic E-state index is 11.3. The van der Waals surface area contributed by atoms with Gasteiger partial charge in [0, 0.05) is 12.3 Å². The van der Waals surface area contributed by atoms with E-state index >= 15 is 0 Å². The number of ether oxygens (including phenoxy) is 1. The van der Waals surface area contributed by atoms with Gasteiger partial charge in [-0.2, -0.15) is 0 Å². The molecule has 4 nitrogen and oxygen atoms in total. The van der Waals surface area contributed by atoms with E-state index in [1.165, 1.54) is 0 Å². The van der Waals surface area contributed by atoms with Crippen molar-refractivity contribution in [3.8, 4) is 0 Å². The second-order valence-corrected chi connectivity index (χ2v) is 3.81. The van der Waals surface area contributed by atoms with Crippen LogP contribution in [0.25, 0.3) is 0 Å². The Labute approximate surface area is 87.7 Å². The molecule has 1 heterocycles. The zero-order valence-corrected chi connectivity index (χ0v) is 8.27. The second-order valence-electron chi connectivity index (χ2n) is 3.81. The smallest absolute Gasteiger partial charge is 0.316 e. The van der Waals surface area contributed by atoms with Gasteiger partial charge in [0.15, 0.2) is 0 Å². The number of hydrogen-bond acceptors (Lipinski definition) is 3. The molecule has 4 heteroatoms. The van der Waals surface area contributed by atoms with Gasteiger partial charge in [-0.15, -0.1) is 0 Å². The number of nitrogens with two attached hydrogens (primary N) is 1. The molecule has 1 aliphatic rings. The van der Waals surface area contributed by atoms with Crippen LogP contribution in [0.4, 0.5) is 5.69 Å². The van der Waals surface area contributed by atoms with Crippen LogP contribution in [-0.2, 0) is 14.9 Å². The summed E-state index contributed by atoms with van der Waals surface area (Å²) < 4.78 is 5.19. The van der Waals surface area contributed by atoms with Crippen molar-refractivity contribution in [2.75, 3.05) is 18.9 Å². The van der Waals surface area contributed by atoms with Gasteiger partial charge in [-0.1, -0.05) is 12.1 Å². The standard InChI is InChI=1S/C11H13NO3/c12-9-3-1-8(2-4-9)11(10(13)14)5-6-15-7-11/h1-4H,5-7,12H2,(H,13,14). The molecule has 0 saturated carbocycles. The number of rotatable bonds is 2. The van der Waals surface area contributed by atoms with E-state index in [4.69, 9.17) is 10.5 Å². The van der Waals surface area contributed by atoms with E-state index < -0.39 is 11.4 Å². The van der Waals surface area contributed by atoms with Gasteiger partial charge in [-0.25, -0.2) is 0 Å². The lowest BCUT2D eigenvalue weighted by Gasteiger charge is -2.22. The molecule has 1 aliphatic heterocycles. The fourth-order valence-corrected chi connectivity index (χ4v) is 1.89. The van der Waals surface area contributed by atoms with Gasteiger partial charge >= 0.3 is 5.97 Å².